The van der Waals surface area contributed by atoms with Gasteiger partial charge in [-0.1, -0.05) is 12.2 Å². The number of anilines is 1. The predicted molar refractivity (Wildman–Crippen MR) is 77.8 cm³/mol. The molecule has 0 saturated carbocycles. The third-order valence-corrected chi connectivity index (χ3v) is 3.57. The molecule has 1 rings (SSSR count). The van der Waals surface area contributed by atoms with Crippen LogP contribution >= 0.6 is 12.2 Å². The second-order valence-corrected chi connectivity index (χ2v) is 6.97. The fourth-order valence-electron chi connectivity index (χ4n) is 1.41. The van der Waals surface area contributed by atoms with E-state index in [2.05, 4.69) is 4.98 Å². The summed E-state index contributed by atoms with van der Waals surface area (Å²) in [5.74, 6) is 0.753. The van der Waals surface area contributed by atoms with E-state index in [1.54, 1.807) is 24.1 Å². The molecule has 0 aliphatic rings. The number of hydrogen-bond donors (Lipinski definition) is 1. The van der Waals surface area contributed by atoms with E-state index in [0.717, 1.165) is 11.3 Å². The largest absolute Gasteiger partial charge is 0.389 e. The second-order valence-electron chi connectivity index (χ2n) is 4.27. The molecular formula is C11H17N3O2S2. The molecule has 0 radical (unpaired) electrons. The zero-order chi connectivity index (χ0) is 13.9. The molecule has 7 heteroatoms. The lowest BCUT2D eigenvalue weighted by molar-refractivity contribution is 0.601. The number of hydrogen-bond acceptors (Lipinski definition) is 5. The zero-order valence-electron chi connectivity index (χ0n) is 10.7. The van der Waals surface area contributed by atoms with Gasteiger partial charge in [-0.05, 0) is 19.1 Å². The number of nitrogens with two attached hydrogens (primary N) is 1. The van der Waals surface area contributed by atoms with Gasteiger partial charge in [0.25, 0.3) is 0 Å². The summed E-state index contributed by atoms with van der Waals surface area (Å²) >= 11 is 4.93. The van der Waals surface area contributed by atoms with Gasteiger partial charge in [0.2, 0.25) is 0 Å². The van der Waals surface area contributed by atoms with E-state index in [-0.39, 0.29) is 5.75 Å². The molecule has 5 nitrogen and oxygen atoms in total. The van der Waals surface area contributed by atoms with Gasteiger partial charge >= 0.3 is 0 Å². The first-order valence-corrected chi connectivity index (χ1v) is 7.83. The minimum absolute atomic E-state index is 0.0848. The Kier molecular flexibility index (Phi) is 4.64. The van der Waals surface area contributed by atoms with Crippen LogP contribution in [0.1, 0.15) is 11.3 Å². The Balaban J connectivity index is 2.92. The van der Waals surface area contributed by atoms with Gasteiger partial charge in [-0.3, -0.25) is 0 Å². The Morgan fingerprint density at radius 3 is 2.61 bits per heavy atom. The Bertz CT molecular complexity index is 555. The lowest BCUT2D eigenvalue weighted by atomic mass is 10.2. The van der Waals surface area contributed by atoms with E-state index in [1.807, 2.05) is 6.92 Å². The SMILES string of the molecule is Cc1cc(C(N)=S)cc(N(C)CCS(C)(=O)=O)n1. The number of nitrogens with zero attached hydrogens (tertiary/aromatic N) is 2. The highest BCUT2D eigenvalue weighted by atomic mass is 32.2. The lowest BCUT2D eigenvalue weighted by Crippen LogP contribution is -2.26. The van der Waals surface area contributed by atoms with Crippen molar-refractivity contribution in [2.75, 3.05) is 30.5 Å². The van der Waals surface area contributed by atoms with Crippen LogP contribution in [0.15, 0.2) is 12.1 Å². The molecule has 100 valence electrons. The fraction of sp³-hybridized carbons (Fsp3) is 0.455. The van der Waals surface area contributed by atoms with E-state index in [1.165, 1.54) is 6.26 Å². The summed E-state index contributed by atoms with van der Waals surface area (Å²) in [5, 5.41) is 0. The molecule has 0 spiro atoms. The van der Waals surface area contributed by atoms with Crippen molar-refractivity contribution in [3.05, 3.63) is 23.4 Å². The maximum Gasteiger partial charge on any atom is 0.149 e. The van der Waals surface area contributed by atoms with Crippen LogP contribution in [0.5, 0.6) is 0 Å². The smallest absolute Gasteiger partial charge is 0.149 e. The molecule has 0 fully saturated rings. The molecule has 0 aromatic carbocycles. The summed E-state index contributed by atoms with van der Waals surface area (Å²) in [6, 6.07) is 3.56. The summed E-state index contributed by atoms with van der Waals surface area (Å²) in [4.78, 5) is 6.41. The van der Waals surface area contributed by atoms with Crippen molar-refractivity contribution in [2.24, 2.45) is 5.73 Å². The highest BCUT2D eigenvalue weighted by Gasteiger charge is 2.09. The fourth-order valence-corrected chi connectivity index (χ4v) is 2.13. The number of pyridine rings is 1. The van der Waals surface area contributed by atoms with E-state index < -0.39 is 9.84 Å². The molecule has 0 amide bonds. The molecular weight excluding hydrogens is 270 g/mol. The van der Waals surface area contributed by atoms with Crippen LogP contribution in [0.3, 0.4) is 0 Å². The second kappa shape index (κ2) is 5.62. The number of sulfone groups is 1. The Morgan fingerprint density at radius 2 is 2.11 bits per heavy atom. The van der Waals surface area contributed by atoms with Crippen molar-refractivity contribution in [3.8, 4) is 0 Å². The van der Waals surface area contributed by atoms with Crippen LogP contribution in [0.4, 0.5) is 5.82 Å². The van der Waals surface area contributed by atoms with E-state index in [4.69, 9.17) is 18.0 Å². The Morgan fingerprint density at radius 1 is 1.50 bits per heavy atom. The van der Waals surface area contributed by atoms with Crippen molar-refractivity contribution in [1.29, 1.82) is 0 Å². The molecule has 0 bridgehead atoms. The monoisotopic (exact) mass is 287 g/mol. The average molecular weight is 287 g/mol. The van der Waals surface area contributed by atoms with Crippen LogP contribution in [-0.4, -0.2) is 44.0 Å². The van der Waals surface area contributed by atoms with Crippen molar-refractivity contribution in [1.82, 2.24) is 4.98 Å². The molecule has 1 heterocycles. The van der Waals surface area contributed by atoms with Gasteiger partial charge in [0.1, 0.15) is 20.6 Å². The van der Waals surface area contributed by atoms with Crippen LogP contribution < -0.4 is 10.6 Å². The molecule has 18 heavy (non-hydrogen) atoms. The molecule has 0 unspecified atom stereocenters. The van der Waals surface area contributed by atoms with Gasteiger partial charge in [-0.25, -0.2) is 13.4 Å². The van der Waals surface area contributed by atoms with Crippen molar-refractivity contribution in [2.45, 2.75) is 6.92 Å². The number of thiocarbonyl (C=S) groups is 1. The standard InChI is InChI=1S/C11H17N3O2S2/c1-8-6-9(11(12)17)7-10(13-8)14(2)4-5-18(3,15)16/h6-7H,4-5H2,1-3H3,(H2,12,17). The van der Waals surface area contributed by atoms with Crippen LogP contribution in [0, 0.1) is 6.92 Å². The third kappa shape index (κ3) is 4.58. The maximum absolute atomic E-state index is 11.1. The van der Waals surface area contributed by atoms with E-state index >= 15 is 0 Å². The summed E-state index contributed by atoms with van der Waals surface area (Å²) in [7, 11) is -1.20. The summed E-state index contributed by atoms with van der Waals surface area (Å²) < 4.78 is 22.2. The highest BCUT2D eigenvalue weighted by molar-refractivity contribution is 7.90. The van der Waals surface area contributed by atoms with Crippen molar-refractivity contribution < 1.29 is 8.42 Å². The normalized spacial score (nSPS) is 11.3. The van der Waals surface area contributed by atoms with Crippen LogP contribution in [-0.2, 0) is 9.84 Å². The van der Waals surface area contributed by atoms with Gasteiger partial charge < -0.3 is 10.6 Å². The summed E-state index contributed by atoms with van der Waals surface area (Å²) in [5.41, 5.74) is 7.11. The Labute approximate surface area is 113 Å². The molecule has 0 saturated heterocycles. The first kappa shape index (κ1) is 14.8. The zero-order valence-corrected chi connectivity index (χ0v) is 12.3. The highest BCUT2D eigenvalue weighted by Crippen LogP contribution is 2.13. The van der Waals surface area contributed by atoms with Gasteiger partial charge in [0.15, 0.2) is 0 Å². The van der Waals surface area contributed by atoms with Crippen LogP contribution in [0.2, 0.25) is 0 Å². The predicted octanol–water partition coefficient (Wildman–Crippen LogP) is 0.505. The molecule has 0 aliphatic carbocycles. The molecule has 2 N–H and O–H groups in total. The van der Waals surface area contributed by atoms with Gasteiger partial charge in [0.05, 0.1) is 5.75 Å². The third-order valence-electron chi connectivity index (χ3n) is 2.41. The first-order chi connectivity index (χ1) is 8.19. The molecule has 0 atom stereocenters. The molecule has 0 aliphatic heterocycles. The van der Waals surface area contributed by atoms with Gasteiger partial charge in [-0.2, -0.15) is 0 Å². The molecule has 1 aromatic rings. The summed E-state index contributed by atoms with van der Waals surface area (Å²) in [6.07, 6.45) is 1.21. The van der Waals surface area contributed by atoms with Gasteiger partial charge in [0, 0.05) is 31.1 Å². The Hall–Kier alpha value is -1.21. The average Bonchev–Trinajstić information content (AvgIpc) is 2.23. The summed E-state index contributed by atoms with van der Waals surface area (Å²) in [6.45, 7) is 2.22. The van der Waals surface area contributed by atoms with Crippen molar-refractivity contribution in [3.63, 3.8) is 0 Å². The van der Waals surface area contributed by atoms with Crippen LogP contribution in [0.25, 0.3) is 0 Å². The topological polar surface area (TPSA) is 76.3 Å². The first-order valence-electron chi connectivity index (χ1n) is 5.36. The molecule has 1 aromatic heterocycles. The number of aryl methyl sites for hydroxylation is 1. The maximum atomic E-state index is 11.1. The lowest BCUT2D eigenvalue weighted by Gasteiger charge is -2.18. The van der Waals surface area contributed by atoms with Crippen molar-refractivity contribution >= 4 is 32.9 Å². The number of aromatic nitrogens is 1. The van der Waals surface area contributed by atoms with Gasteiger partial charge in [-0.15, -0.1) is 0 Å². The minimum Gasteiger partial charge on any atom is -0.389 e. The minimum atomic E-state index is -2.98. The number of rotatable bonds is 5. The quantitative estimate of drug-likeness (QED) is 0.795. The van der Waals surface area contributed by atoms with E-state index in [9.17, 15) is 8.42 Å². The van der Waals surface area contributed by atoms with E-state index in [0.29, 0.717) is 17.4 Å².